The molecule has 0 spiro atoms. The molecule has 2 aliphatic rings. The average molecular weight is 1080 g/mol. The zero-order valence-corrected chi connectivity index (χ0v) is 44.2. The van der Waals surface area contributed by atoms with Crippen LogP contribution in [0.3, 0.4) is 0 Å². The van der Waals surface area contributed by atoms with Crippen LogP contribution in [0.5, 0.6) is 5.75 Å². The number of aromatic hydroxyl groups is 1. The van der Waals surface area contributed by atoms with Gasteiger partial charge in [0, 0.05) is 43.7 Å². The monoisotopic (exact) mass is 1080 g/mol. The summed E-state index contributed by atoms with van der Waals surface area (Å²) in [4.78, 5) is 151. The van der Waals surface area contributed by atoms with Crippen molar-refractivity contribution in [3.63, 3.8) is 0 Å². The highest BCUT2D eigenvalue weighted by molar-refractivity contribution is 8.76. The first-order chi connectivity index (χ1) is 35.6. The van der Waals surface area contributed by atoms with Gasteiger partial charge < -0.3 is 64.4 Å². The number of nitrogens with zero attached hydrogens (tertiary/aromatic N) is 1. The van der Waals surface area contributed by atoms with E-state index in [1.165, 1.54) is 17.0 Å². The Morgan fingerprint density at radius 1 is 0.747 bits per heavy atom. The normalized spacial score (nSPS) is 22.7. The van der Waals surface area contributed by atoms with Gasteiger partial charge in [0.05, 0.1) is 6.42 Å². The largest absolute Gasteiger partial charge is 0.508 e. The number of rotatable bonds is 19. The van der Waals surface area contributed by atoms with E-state index in [2.05, 4.69) is 37.2 Å². The maximum absolute atomic E-state index is 14.7. The zero-order chi connectivity index (χ0) is 55.4. The van der Waals surface area contributed by atoms with Crippen LogP contribution in [0, 0.1) is 11.8 Å². The summed E-state index contributed by atoms with van der Waals surface area (Å²) in [6, 6.07) is 4.22. The molecular formula is C50H71N11O12S2. The van der Waals surface area contributed by atoms with E-state index in [1.54, 1.807) is 56.3 Å². The first-order valence-corrected chi connectivity index (χ1v) is 27.4. The molecule has 23 nitrogen and oxygen atoms in total. The van der Waals surface area contributed by atoms with Crippen LogP contribution >= 0.6 is 21.6 Å². The molecule has 0 radical (unpaired) electrons. The molecule has 0 aromatic heterocycles. The molecule has 410 valence electrons. The maximum atomic E-state index is 14.7. The molecule has 4 rings (SSSR count). The summed E-state index contributed by atoms with van der Waals surface area (Å²) in [7, 11) is 2.24. The lowest BCUT2D eigenvalue weighted by Crippen LogP contribution is -2.61. The summed E-state index contributed by atoms with van der Waals surface area (Å²) in [5.74, 6) is -9.69. The summed E-state index contributed by atoms with van der Waals surface area (Å²) in [6.07, 6.45) is -0.627. The first kappa shape index (κ1) is 60.7. The van der Waals surface area contributed by atoms with Crippen LogP contribution < -0.4 is 54.4 Å². The molecule has 2 fully saturated rings. The lowest BCUT2D eigenvalue weighted by molar-refractivity contribution is -0.142. The van der Waals surface area contributed by atoms with E-state index in [1.807, 2.05) is 13.8 Å². The third-order valence-electron chi connectivity index (χ3n) is 12.6. The minimum Gasteiger partial charge on any atom is -0.508 e. The Labute approximate surface area is 443 Å². The van der Waals surface area contributed by atoms with E-state index in [-0.39, 0.29) is 68.2 Å². The second kappa shape index (κ2) is 29.9. The Balaban J connectivity index is 1.65. The summed E-state index contributed by atoms with van der Waals surface area (Å²) < 4.78 is 0. The number of phenols is 1. The van der Waals surface area contributed by atoms with Crippen LogP contribution in [0.15, 0.2) is 54.6 Å². The molecular weight excluding hydrogens is 1010 g/mol. The van der Waals surface area contributed by atoms with Crippen LogP contribution in [0.2, 0.25) is 0 Å². The van der Waals surface area contributed by atoms with Gasteiger partial charge in [0.1, 0.15) is 54.1 Å². The minimum atomic E-state index is -1.74. The number of hydrogen-bond acceptors (Lipinski definition) is 14. The molecule has 75 heavy (non-hydrogen) atoms. The highest BCUT2D eigenvalue weighted by atomic mass is 33.1. The van der Waals surface area contributed by atoms with Gasteiger partial charge in [-0.1, -0.05) is 98.2 Å². The molecule has 2 heterocycles. The topological polar surface area (TPSA) is 374 Å². The lowest BCUT2D eigenvalue weighted by atomic mass is 9.96. The third kappa shape index (κ3) is 19.7. The first-order valence-electron chi connectivity index (χ1n) is 24.9. The molecule has 25 heteroatoms. The highest BCUT2D eigenvalue weighted by Gasteiger charge is 2.41. The van der Waals surface area contributed by atoms with Crippen LogP contribution in [-0.2, 0) is 65.6 Å². The smallest absolute Gasteiger partial charge is 0.246 e. The number of primary amides is 3. The van der Waals surface area contributed by atoms with Gasteiger partial charge in [-0.25, -0.2) is 0 Å². The van der Waals surface area contributed by atoms with Crippen LogP contribution in [-0.4, -0.2) is 141 Å². The number of benzene rings is 2. The molecule has 0 bridgehead atoms. The highest BCUT2D eigenvalue weighted by Crippen LogP contribution is 2.26. The van der Waals surface area contributed by atoms with Gasteiger partial charge in [-0.05, 0) is 60.8 Å². The third-order valence-corrected chi connectivity index (χ3v) is 15.1. The van der Waals surface area contributed by atoms with Crippen molar-refractivity contribution in [3.05, 3.63) is 65.7 Å². The number of nitrogens with two attached hydrogens (primary N) is 3. The number of phenolic OH excluding ortho intramolecular Hbond substituents is 1. The molecule has 0 unspecified atom stereocenters. The van der Waals surface area contributed by atoms with Gasteiger partial charge in [-0.2, -0.15) is 0 Å². The Morgan fingerprint density at radius 2 is 1.40 bits per heavy atom. The Hall–Kier alpha value is -6.89. The van der Waals surface area contributed by atoms with E-state index in [9.17, 15) is 57.8 Å². The van der Waals surface area contributed by atoms with Crippen molar-refractivity contribution in [2.45, 2.75) is 140 Å². The van der Waals surface area contributed by atoms with E-state index >= 15 is 0 Å². The van der Waals surface area contributed by atoms with Gasteiger partial charge >= 0.3 is 0 Å². The summed E-state index contributed by atoms with van der Waals surface area (Å²) in [5, 5.41) is 28.3. The number of hydrogen-bond donors (Lipinski definition) is 11. The molecule has 14 N–H and O–H groups in total. The number of carbonyl (C=O) groups is 11. The van der Waals surface area contributed by atoms with Crippen molar-refractivity contribution in [2.75, 3.05) is 18.1 Å². The molecule has 2 saturated heterocycles. The Bertz CT molecular complexity index is 2360. The van der Waals surface area contributed by atoms with Gasteiger partial charge in [-0.3, -0.25) is 52.7 Å². The Kier molecular flexibility index (Phi) is 24.2. The molecule has 2 aliphatic heterocycles. The van der Waals surface area contributed by atoms with Gasteiger partial charge in [0.25, 0.3) is 0 Å². The van der Waals surface area contributed by atoms with Crippen LogP contribution in [0.4, 0.5) is 0 Å². The van der Waals surface area contributed by atoms with E-state index in [0.29, 0.717) is 18.4 Å². The van der Waals surface area contributed by atoms with Crippen LogP contribution in [0.1, 0.15) is 90.2 Å². The van der Waals surface area contributed by atoms with E-state index in [0.717, 1.165) is 27.2 Å². The number of nitrogens with one attached hydrogen (secondary N) is 7. The second-order valence-electron chi connectivity index (χ2n) is 19.1. The van der Waals surface area contributed by atoms with Crippen LogP contribution in [0.25, 0.3) is 0 Å². The van der Waals surface area contributed by atoms with E-state index in [4.69, 9.17) is 17.2 Å². The van der Waals surface area contributed by atoms with Gasteiger partial charge in [-0.15, -0.1) is 0 Å². The predicted octanol–water partition coefficient (Wildman–Crippen LogP) is -0.935. The summed E-state index contributed by atoms with van der Waals surface area (Å²) in [5.41, 5.74) is 18.0. The molecule has 0 aliphatic carbocycles. The fraction of sp³-hybridized carbons (Fsp3) is 0.540. The van der Waals surface area contributed by atoms with Crippen molar-refractivity contribution in [2.24, 2.45) is 29.0 Å². The predicted molar refractivity (Wildman–Crippen MR) is 280 cm³/mol. The molecule has 11 amide bonds. The quantitative estimate of drug-likeness (QED) is 0.0758. The van der Waals surface area contributed by atoms with Crippen molar-refractivity contribution in [3.8, 4) is 5.75 Å². The van der Waals surface area contributed by atoms with Crippen molar-refractivity contribution >= 4 is 86.6 Å². The fourth-order valence-electron chi connectivity index (χ4n) is 8.37. The van der Waals surface area contributed by atoms with Crippen molar-refractivity contribution in [1.29, 1.82) is 0 Å². The summed E-state index contributed by atoms with van der Waals surface area (Å²) in [6.45, 7) is 7.16. The Morgan fingerprint density at radius 3 is 2.03 bits per heavy atom. The molecule has 2 aromatic carbocycles. The average Bonchev–Trinajstić information content (AvgIpc) is 3.86. The zero-order valence-electron chi connectivity index (χ0n) is 42.6. The second-order valence-corrected chi connectivity index (χ2v) is 21.7. The van der Waals surface area contributed by atoms with Crippen molar-refractivity contribution in [1.82, 2.24) is 42.1 Å². The molecule has 9 atom stereocenters. The minimum absolute atomic E-state index is 0.0272. The maximum Gasteiger partial charge on any atom is 0.246 e. The van der Waals surface area contributed by atoms with Crippen molar-refractivity contribution < 1.29 is 57.8 Å². The van der Waals surface area contributed by atoms with Gasteiger partial charge in [0.15, 0.2) is 0 Å². The molecule has 0 saturated carbocycles. The van der Waals surface area contributed by atoms with E-state index < -0.39 is 132 Å². The lowest BCUT2D eigenvalue weighted by Gasteiger charge is -2.31. The molecule has 2 aromatic rings. The number of carbonyl (C=O) groups excluding carboxylic acids is 11. The summed E-state index contributed by atoms with van der Waals surface area (Å²) >= 11 is 0. The SMILES string of the molecule is CC[C@H](C)[C@@H]1NC(=O)[C@H](Cc2ccc(O)cc2)NC(=O)CCSSC[C@@H](C(=O)N2CCC[C@H]2C(=O)N[C@@H](CC(C)C)C(=O)N[C@@H](Cc2ccccc2)C(N)=O)NC(=O)[C@H](CC(N)=O)NC(=O)[C@H](CCC(N)=O)NC1=O. The number of likely N-dealkylation sites (tertiary alicyclic amines) is 1. The fourth-order valence-corrected chi connectivity index (χ4v) is 10.5. The standard InChI is InChI=1S/C50H71N11O12S2/c1-5-28(4)42-49(72)55-32(17-18-39(51)63)44(67)57-36(25-40(52)64)46(69)59-37(26-75-74-21-19-41(65)54-35(47(70)60-42)24-30-13-15-31(62)16-14-30)50(73)61-20-9-12-38(61)48(71)58-34(22-27(2)3)45(68)56-33(43(53)66)23-29-10-7-6-8-11-29/h6-8,10-11,13-16,27-28,32-38,42,62H,5,9,12,17-26H2,1-4H3,(H2,51,63)(H2,52,64)(H2,53,66)(H,54,65)(H,55,72)(H,56,68)(H,57,67)(H,58,71)(H,59,69)(H,60,70)/t28-,32-,33-,34-,35-,36-,37-,38-,42-/m0/s1. The number of amides is 11. The van der Waals surface area contributed by atoms with Gasteiger partial charge in [0.2, 0.25) is 65.0 Å².